The van der Waals surface area contributed by atoms with Crippen molar-refractivity contribution in [3.8, 4) is 17.0 Å². The second kappa shape index (κ2) is 6.98. The predicted molar refractivity (Wildman–Crippen MR) is 99.4 cm³/mol. The average molecular weight is 387 g/mol. The molecule has 27 heavy (non-hydrogen) atoms. The number of anilines is 1. The quantitative estimate of drug-likeness (QED) is 0.707. The topological polar surface area (TPSA) is 109 Å². The average Bonchev–Trinajstić information content (AvgIpc) is 2.68. The van der Waals surface area contributed by atoms with Crippen molar-refractivity contribution in [2.75, 3.05) is 31.2 Å². The van der Waals surface area contributed by atoms with Crippen LogP contribution >= 0.6 is 11.6 Å². The Hall–Kier alpha value is -2.97. The first kappa shape index (κ1) is 17.4. The molecule has 2 N–H and O–H groups in total. The number of fused-ring (bicyclic) bond motifs is 1. The molecule has 0 saturated carbocycles. The highest BCUT2D eigenvalue weighted by molar-refractivity contribution is 6.35. The van der Waals surface area contributed by atoms with Crippen molar-refractivity contribution >= 4 is 34.6 Å². The summed E-state index contributed by atoms with van der Waals surface area (Å²) in [7, 11) is 0. The second-order valence-electron chi connectivity index (χ2n) is 6.01. The molecule has 0 unspecified atom stereocenters. The molecule has 1 fully saturated rings. The second-order valence-corrected chi connectivity index (χ2v) is 6.42. The van der Waals surface area contributed by atoms with E-state index in [0.717, 1.165) is 0 Å². The van der Waals surface area contributed by atoms with Crippen LogP contribution in [0.25, 0.3) is 22.3 Å². The Balaban J connectivity index is 1.97. The van der Waals surface area contributed by atoms with Crippen LogP contribution in [0.2, 0.25) is 5.02 Å². The lowest BCUT2D eigenvalue weighted by molar-refractivity contribution is 0.0691. The van der Waals surface area contributed by atoms with E-state index in [2.05, 4.69) is 15.0 Å². The van der Waals surface area contributed by atoms with E-state index in [-0.39, 0.29) is 16.5 Å². The van der Waals surface area contributed by atoms with Crippen molar-refractivity contribution in [3.63, 3.8) is 0 Å². The summed E-state index contributed by atoms with van der Waals surface area (Å²) in [6, 6.07) is 7.70. The van der Waals surface area contributed by atoms with Gasteiger partial charge in [-0.2, -0.15) is 0 Å². The van der Waals surface area contributed by atoms with E-state index >= 15 is 0 Å². The summed E-state index contributed by atoms with van der Waals surface area (Å²) in [5.41, 5.74) is 1.60. The smallest absolute Gasteiger partial charge is 0.354 e. The first-order valence-corrected chi connectivity index (χ1v) is 8.64. The van der Waals surface area contributed by atoms with E-state index in [1.54, 1.807) is 12.1 Å². The summed E-state index contributed by atoms with van der Waals surface area (Å²) in [4.78, 5) is 26.7. The molecule has 0 amide bonds. The number of rotatable bonds is 3. The first-order valence-electron chi connectivity index (χ1n) is 8.26. The van der Waals surface area contributed by atoms with Crippen molar-refractivity contribution in [3.05, 3.63) is 41.0 Å². The van der Waals surface area contributed by atoms with Crippen LogP contribution in [-0.2, 0) is 4.74 Å². The van der Waals surface area contributed by atoms with Gasteiger partial charge in [-0.25, -0.2) is 19.7 Å². The van der Waals surface area contributed by atoms with Crippen molar-refractivity contribution < 1.29 is 19.7 Å². The Labute approximate surface area is 159 Å². The van der Waals surface area contributed by atoms with Gasteiger partial charge >= 0.3 is 5.97 Å². The van der Waals surface area contributed by atoms with Crippen LogP contribution in [0.5, 0.6) is 5.75 Å². The van der Waals surface area contributed by atoms with Gasteiger partial charge in [-0.3, -0.25) is 0 Å². The maximum atomic E-state index is 11.4. The van der Waals surface area contributed by atoms with Gasteiger partial charge in [-0.15, -0.1) is 0 Å². The van der Waals surface area contributed by atoms with Gasteiger partial charge in [0.2, 0.25) is 5.95 Å². The Morgan fingerprint density at radius 1 is 1.07 bits per heavy atom. The minimum Gasteiger partial charge on any atom is -0.508 e. The molecule has 0 aliphatic carbocycles. The third-order valence-electron chi connectivity index (χ3n) is 4.25. The molecule has 2 aromatic heterocycles. The fourth-order valence-electron chi connectivity index (χ4n) is 2.89. The van der Waals surface area contributed by atoms with E-state index in [0.29, 0.717) is 54.5 Å². The summed E-state index contributed by atoms with van der Waals surface area (Å²) in [5.74, 6) is -0.601. The Morgan fingerprint density at radius 2 is 1.78 bits per heavy atom. The van der Waals surface area contributed by atoms with Crippen molar-refractivity contribution in [1.29, 1.82) is 0 Å². The zero-order valence-corrected chi connectivity index (χ0v) is 14.8. The molecular weight excluding hydrogens is 372 g/mol. The van der Waals surface area contributed by atoms with E-state index in [1.165, 1.54) is 18.2 Å². The van der Waals surface area contributed by atoms with Crippen LogP contribution in [0, 0.1) is 0 Å². The third-order valence-corrected chi connectivity index (χ3v) is 4.54. The number of phenols is 1. The van der Waals surface area contributed by atoms with Gasteiger partial charge in [-0.1, -0.05) is 11.6 Å². The lowest BCUT2D eigenvalue weighted by Crippen LogP contribution is -2.37. The molecule has 0 atom stereocenters. The molecule has 9 heteroatoms. The molecule has 1 aromatic carbocycles. The minimum atomic E-state index is -1.19. The maximum Gasteiger partial charge on any atom is 0.354 e. The van der Waals surface area contributed by atoms with Gasteiger partial charge in [0.1, 0.15) is 22.5 Å². The van der Waals surface area contributed by atoms with E-state index in [4.69, 9.17) is 16.3 Å². The summed E-state index contributed by atoms with van der Waals surface area (Å²) in [5, 5.41) is 19.1. The molecule has 4 rings (SSSR count). The molecule has 0 spiro atoms. The number of carbonyl (C=O) groups is 1. The summed E-state index contributed by atoms with van der Waals surface area (Å²) in [6.07, 6.45) is 0. The maximum absolute atomic E-state index is 11.4. The number of aromatic nitrogens is 3. The number of morpholine rings is 1. The number of pyridine rings is 1. The van der Waals surface area contributed by atoms with Gasteiger partial charge < -0.3 is 19.8 Å². The molecule has 3 heterocycles. The fraction of sp³-hybridized carbons (Fsp3) is 0.222. The highest BCUT2D eigenvalue weighted by atomic mass is 35.5. The number of ether oxygens (including phenoxy) is 1. The van der Waals surface area contributed by atoms with Gasteiger partial charge in [0, 0.05) is 18.7 Å². The first-order chi connectivity index (χ1) is 13.0. The van der Waals surface area contributed by atoms with Crippen LogP contribution in [-0.4, -0.2) is 57.4 Å². The number of aromatic carboxylic acids is 1. The van der Waals surface area contributed by atoms with Gasteiger partial charge in [0.25, 0.3) is 0 Å². The predicted octanol–water partition coefficient (Wildman–Crippen LogP) is 2.59. The van der Waals surface area contributed by atoms with Crippen LogP contribution in [0.3, 0.4) is 0 Å². The lowest BCUT2D eigenvalue weighted by atomic mass is 10.1. The van der Waals surface area contributed by atoms with Crippen LogP contribution in [0.1, 0.15) is 10.5 Å². The molecule has 0 radical (unpaired) electrons. The number of aromatic hydroxyl groups is 1. The lowest BCUT2D eigenvalue weighted by Gasteiger charge is -2.27. The molecule has 3 aromatic rings. The number of hydrogen-bond acceptors (Lipinski definition) is 7. The van der Waals surface area contributed by atoms with Crippen LogP contribution in [0.4, 0.5) is 5.95 Å². The normalized spacial score (nSPS) is 14.5. The van der Waals surface area contributed by atoms with Crippen LogP contribution in [0.15, 0.2) is 30.3 Å². The fourth-order valence-corrected chi connectivity index (χ4v) is 3.13. The Bertz CT molecular complexity index is 1020. The third kappa shape index (κ3) is 3.36. The molecule has 8 nitrogen and oxygen atoms in total. The van der Waals surface area contributed by atoms with E-state index < -0.39 is 5.97 Å². The molecule has 1 saturated heterocycles. The van der Waals surface area contributed by atoms with E-state index in [9.17, 15) is 15.0 Å². The number of nitrogens with zero attached hydrogens (tertiary/aromatic N) is 4. The molecule has 0 bridgehead atoms. The summed E-state index contributed by atoms with van der Waals surface area (Å²) >= 11 is 6.33. The molecular formula is C18H15ClN4O4. The van der Waals surface area contributed by atoms with Gasteiger partial charge in [0.05, 0.1) is 18.2 Å². The van der Waals surface area contributed by atoms with E-state index in [1.807, 2.05) is 4.90 Å². The number of halogens is 1. The number of phenolic OH excluding ortho intramolecular Hbond substituents is 1. The monoisotopic (exact) mass is 386 g/mol. The molecule has 138 valence electrons. The zero-order valence-electron chi connectivity index (χ0n) is 14.1. The standard InChI is InChI=1S/C18H15ClN4O4/c19-12-9-13(17(25)26)20-16-14(10-1-3-11(24)4-2-10)21-18(22-15(12)16)23-5-7-27-8-6-23/h1-4,9,24H,5-8H2,(H,25,26). The number of benzene rings is 1. The highest BCUT2D eigenvalue weighted by Gasteiger charge is 2.21. The van der Waals surface area contributed by atoms with Gasteiger partial charge in [-0.05, 0) is 30.3 Å². The van der Waals surface area contributed by atoms with Gasteiger partial charge in [0.15, 0.2) is 5.69 Å². The Kier molecular flexibility index (Phi) is 4.51. The van der Waals surface area contributed by atoms with Crippen molar-refractivity contribution in [2.45, 2.75) is 0 Å². The minimum absolute atomic E-state index is 0.114. The number of carboxylic acid groups (broad SMARTS) is 1. The SMILES string of the molecule is O=C(O)c1cc(Cl)c2nc(N3CCOCC3)nc(-c3ccc(O)cc3)c2n1. The number of hydrogen-bond donors (Lipinski definition) is 2. The summed E-state index contributed by atoms with van der Waals surface area (Å²) in [6.45, 7) is 2.41. The summed E-state index contributed by atoms with van der Waals surface area (Å²) < 4.78 is 5.37. The molecule has 1 aliphatic rings. The van der Waals surface area contributed by atoms with Crippen molar-refractivity contribution in [2.24, 2.45) is 0 Å². The number of carboxylic acids is 1. The van der Waals surface area contributed by atoms with Crippen LogP contribution < -0.4 is 4.90 Å². The van der Waals surface area contributed by atoms with Crippen molar-refractivity contribution in [1.82, 2.24) is 15.0 Å². The highest BCUT2D eigenvalue weighted by Crippen LogP contribution is 2.32. The Morgan fingerprint density at radius 3 is 2.44 bits per heavy atom. The molecule has 1 aliphatic heterocycles. The largest absolute Gasteiger partial charge is 0.508 e. The zero-order chi connectivity index (χ0) is 19.0.